The number of aromatic nitrogens is 2. The highest BCUT2D eigenvalue weighted by Crippen LogP contribution is 2.25. The molecule has 0 radical (unpaired) electrons. The Balaban J connectivity index is 1.92. The van der Waals surface area contributed by atoms with Crippen LogP contribution in [0.4, 0.5) is 0 Å². The molecule has 1 aliphatic rings. The molecule has 2 atom stereocenters. The number of nitrogens with one attached hydrogen (secondary N) is 1. The Morgan fingerprint density at radius 3 is 3.05 bits per heavy atom. The summed E-state index contributed by atoms with van der Waals surface area (Å²) in [5.74, 6) is 2.72. The van der Waals surface area contributed by atoms with Crippen LogP contribution in [0.5, 0.6) is 0 Å². The Labute approximate surface area is 127 Å². The number of aryl methyl sites for hydroxylation is 1. The van der Waals surface area contributed by atoms with Crippen molar-refractivity contribution in [2.75, 3.05) is 13.1 Å². The first-order valence-corrected chi connectivity index (χ1v) is 8.93. The molecular weight excluding hydrogens is 266 g/mol. The predicted octanol–water partition coefficient (Wildman–Crippen LogP) is 3.22. The third-order valence-corrected chi connectivity index (χ3v) is 5.38. The van der Waals surface area contributed by atoms with Gasteiger partial charge in [-0.15, -0.1) is 0 Å². The van der Waals surface area contributed by atoms with Gasteiger partial charge in [0, 0.05) is 17.1 Å². The maximum absolute atomic E-state index is 4.78. The van der Waals surface area contributed by atoms with Crippen LogP contribution in [-0.4, -0.2) is 28.3 Å². The van der Waals surface area contributed by atoms with E-state index in [9.17, 15) is 0 Å². The number of nitrogens with zero attached hydrogens (tertiary/aromatic N) is 2. The quantitative estimate of drug-likeness (QED) is 0.837. The van der Waals surface area contributed by atoms with Crippen molar-refractivity contribution in [1.82, 2.24) is 15.3 Å². The van der Waals surface area contributed by atoms with E-state index in [4.69, 9.17) is 4.98 Å². The zero-order valence-electron chi connectivity index (χ0n) is 13.0. The van der Waals surface area contributed by atoms with Gasteiger partial charge in [0.25, 0.3) is 0 Å². The van der Waals surface area contributed by atoms with Crippen LogP contribution < -0.4 is 5.32 Å². The number of rotatable bonds is 7. The number of thioether (sulfide) groups is 1. The summed E-state index contributed by atoms with van der Waals surface area (Å²) in [6, 6.07) is 0. The summed E-state index contributed by atoms with van der Waals surface area (Å²) in [6.45, 7) is 8.86. The lowest BCUT2D eigenvalue weighted by molar-refractivity contribution is 0.424. The van der Waals surface area contributed by atoms with Gasteiger partial charge in [0.1, 0.15) is 5.82 Å². The van der Waals surface area contributed by atoms with E-state index in [0.29, 0.717) is 5.25 Å². The highest BCUT2D eigenvalue weighted by atomic mass is 32.2. The van der Waals surface area contributed by atoms with Crippen molar-refractivity contribution >= 4 is 11.8 Å². The topological polar surface area (TPSA) is 37.8 Å². The first-order chi connectivity index (χ1) is 9.72. The minimum atomic E-state index is 0.694. The molecular formula is C16H27N3S. The number of fused-ring (bicyclic) bond motifs is 1. The molecule has 0 aromatic carbocycles. The summed E-state index contributed by atoms with van der Waals surface area (Å²) in [4.78, 5) is 9.34. The zero-order chi connectivity index (χ0) is 14.4. The summed E-state index contributed by atoms with van der Waals surface area (Å²) >= 11 is 1.96. The van der Waals surface area contributed by atoms with Gasteiger partial charge in [-0.05, 0) is 50.3 Å². The van der Waals surface area contributed by atoms with Crippen LogP contribution in [-0.2, 0) is 18.6 Å². The number of hydrogen-bond acceptors (Lipinski definition) is 4. The molecule has 0 bridgehead atoms. The van der Waals surface area contributed by atoms with Gasteiger partial charge in [-0.1, -0.05) is 20.8 Å². The van der Waals surface area contributed by atoms with Crippen molar-refractivity contribution < 1.29 is 0 Å². The fourth-order valence-corrected chi connectivity index (χ4v) is 3.36. The molecule has 0 saturated carbocycles. The van der Waals surface area contributed by atoms with Crippen molar-refractivity contribution in [3.05, 3.63) is 23.3 Å². The predicted molar refractivity (Wildman–Crippen MR) is 87.1 cm³/mol. The van der Waals surface area contributed by atoms with Gasteiger partial charge >= 0.3 is 0 Å². The minimum absolute atomic E-state index is 0.694. The Morgan fingerprint density at radius 2 is 2.30 bits per heavy atom. The van der Waals surface area contributed by atoms with E-state index in [2.05, 4.69) is 37.3 Å². The lowest BCUT2D eigenvalue weighted by atomic mass is 9.87. The smallest absolute Gasteiger partial charge is 0.138 e. The maximum Gasteiger partial charge on any atom is 0.138 e. The maximum atomic E-state index is 4.78. The first-order valence-electron chi connectivity index (χ1n) is 7.88. The van der Waals surface area contributed by atoms with Crippen molar-refractivity contribution in [3.63, 3.8) is 0 Å². The van der Waals surface area contributed by atoms with Crippen LogP contribution in [0.1, 0.15) is 50.7 Å². The fraction of sp³-hybridized carbons (Fsp3) is 0.750. The highest BCUT2D eigenvalue weighted by molar-refractivity contribution is 7.99. The summed E-state index contributed by atoms with van der Waals surface area (Å²) in [5.41, 5.74) is 2.67. The van der Waals surface area contributed by atoms with Crippen molar-refractivity contribution in [3.8, 4) is 0 Å². The SMILES string of the molecule is CCNCC1CCc2nc(CSC(C)CC)ncc2C1. The van der Waals surface area contributed by atoms with Gasteiger partial charge in [0.15, 0.2) is 0 Å². The lowest BCUT2D eigenvalue weighted by Crippen LogP contribution is -2.27. The molecule has 1 aliphatic carbocycles. The van der Waals surface area contributed by atoms with E-state index >= 15 is 0 Å². The third kappa shape index (κ3) is 4.45. The van der Waals surface area contributed by atoms with Crippen molar-refractivity contribution in [1.29, 1.82) is 0 Å². The molecule has 0 amide bonds. The zero-order valence-corrected chi connectivity index (χ0v) is 13.8. The van der Waals surface area contributed by atoms with Gasteiger partial charge < -0.3 is 5.32 Å². The van der Waals surface area contributed by atoms with Gasteiger partial charge in [-0.2, -0.15) is 11.8 Å². The number of hydrogen-bond donors (Lipinski definition) is 1. The summed E-state index contributed by atoms with van der Waals surface area (Å²) in [6.07, 6.45) is 6.81. The summed E-state index contributed by atoms with van der Waals surface area (Å²) < 4.78 is 0. The van der Waals surface area contributed by atoms with E-state index in [1.807, 2.05) is 11.8 Å². The van der Waals surface area contributed by atoms with Crippen LogP contribution in [0.25, 0.3) is 0 Å². The molecule has 2 rings (SSSR count). The second-order valence-corrected chi connectivity index (χ2v) is 7.13. The molecule has 112 valence electrons. The molecule has 3 nitrogen and oxygen atoms in total. The second kappa shape index (κ2) is 7.99. The van der Waals surface area contributed by atoms with Gasteiger partial charge in [-0.3, -0.25) is 0 Å². The summed E-state index contributed by atoms with van der Waals surface area (Å²) in [5, 5.41) is 4.15. The molecule has 2 unspecified atom stereocenters. The highest BCUT2D eigenvalue weighted by Gasteiger charge is 2.20. The molecule has 0 saturated heterocycles. The molecule has 20 heavy (non-hydrogen) atoms. The average Bonchev–Trinajstić information content (AvgIpc) is 2.50. The monoisotopic (exact) mass is 293 g/mol. The third-order valence-electron chi connectivity index (χ3n) is 4.06. The Kier molecular flexibility index (Phi) is 6.30. The fourth-order valence-electron chi connectivity index (χ4n) is 2.55. The standard InChI is InChI=1S/C16H27N3S/c1-4-12(3)20-11-16-18-10-14-8-13(9-17-5-2)6-7-15(14)19-16/h10,12-13,17H,4-9,11H2,1-3H3. The molecule has 0 aliphatic heterocycles. The Hall–Kier alpha value is -0.610. The molecule has 1 aromatic heterocycles. The molecule has 0 fully saturated rings. The molecule has 1 aromatic rings. The van der Waals surface area contributed by atoms with Gasteiger partial charge in [0.2, 0.25) is 0 Å². The molecule has 1 heterocycles. The van der Waals surface area contributed by atoms with E-state index in [0.717, 1.165) is 43.4 Å². The molecule has 0 spiro atoms. The van der Waals surface area contributed by atoms with E-state index in [1.54, 1.807) is 0 Å². The van der Waals surface area contributed by atoms with Crippen LogP contribution in [0.15, 0.2) is 6.20 Å². The van der Waals surface area contributed by atoms with Crippen LogP contribution >= 0.6 is 11.8 Å². The Bertz CT molecular complexity index is 422. The largest absolute Gasteiger partial charge is 0.317 e. The van der Waals surface area contributed by atoms with Gasteiger partial charge in [0.05, 0.1) is 5.75 Å². The Morgan fingerprint density at radius 1 is 1.45 bits per heavy atom. The second-order valence-electron chi connectivity index (χ2n) is 5.70. The van der Waals surface area contributed by atoms with Crippen molar-refractivity contribution in [2.24, 2.45) is 5.92 Å². The van der Waals surface area contributed by atoms with Crippen LogP contribution in [0.3, 0.4) is 0 Å². The molecule has 1 N–H and O–H groups in total. The minimum Gasteiger partial charge on any atom is -0.317 e. The van der Waals surface area contributed by atoms with E-state index < -0.39 is 0 Å². The van der Waals surface area contributed by atoms with Crippen molar-refractivity contribution in [2.45, 2.75) is 57.5 Å². The summed E-state index contributed by atoms with van der Waals surface area (Å²) in [7, 11) is 0. The van der Waals surface area contributed by atoms with Gasteiger partial charge in [-0.25, -0.2) is 9.97 Å². The average molecular weight is 293 g/mol. The first kappa shape index (κ1) is 15.8. The van der Waals surface area contributed by atoms with Crippen LogP contribution in [0.2, 0.25) is 0 Å². The molecule has 4 heteroatoms. The normalized spacial score (nSPS) is 19.6. The van der Waals surface area contributed by atoms with E-state index in [-0.39, 0.29) is 0 Å². The lowest BCUT2D eigenvalue weighted by Gasteiger charge is -2.24. The van der Waals surface area contributed by atoms with E-state index in [1.165, 1.54) is 24.1 Å². The van der Waals surface area contributed by atoms with Crippen LogP contribution in [0, 0.1) is 5.92 Å².